The molecule has 2 nitrogen and oxygen atoms in total. The van der Waals surface area contributed by atoms with Gasteiger partial charge < -0.3 is 10.4 Å². The number of fused-ring (bicyclic) bond motifs is 2. The summed E-state index contributed by atoms with van der Waals surface area (Å²) in [6, 6.07) is 5.85. The number of nitrogens with one attached hydrogen (secondary N) is 1. The van der Waals surface area contributed by atoms with Gasteiger partial charge in [-0.3, -0.25) is 0 Å². The van der Waals surface area contributed by atoms with Crippen LogP contribution in [0.4, 0.5) is 8.78 Å². The van der Waals surface area contributed by atoms with Crippen LogP contribution in [0.2, 0.25) is 0 Å². The minimum absolute atomic E-state index is 0.0200. The number of phenols is 1. The molecular weight excluding hydrogens is 236 g/mol. The lowest BCUT2D eigenvalue weighted by Gasteiger charge is -2.34. The second kappa shape index (κ2) is 4.19. The number of benzene rings is 1. The molecule has 2 saturated heterocycles. The van der Waals surface area contributed by atoms with Crippen LogP contribution in [0.15, 0.2) is 24.3 Å². The summed E-state index contributed by atoms with van der Waals surface area (Å²) in [6.07, 6.45) is 3.13. The fraction of sp³-hybridized carbons (Fsp3) is 0.571. The van der Waals surface area contributed by atoms with E-state index in [1.807, 2.05) is 0 Å². The maximum Gasteiger partial charge on any atom is 0.276 e. The molecule has 2 aliphatic rings. The molecule has 2 unspecified atom stereocenters. The van der Waals surface area contributed by atoms with E-state index in [2.05, 4.69) is 5.32 Å². The van der Waals surface area contributed by atoms with E-state index in [0.717, 1.165) is 12.8 Å². The Bertz CT molecular complexity index is 420. The number of aromatic hydroxyl groups is 1. The molecule has 18 heavy (non-hydrogen) atoms. The van der Waals surface area contributed by atoms with Gasteiger partial charge in [0.25, 0.3) is 5.92 Å². The maximum atomic E-state index is 14.4. The van der Waals surface area contributed by atoms with Crippen molar-refractivity contribution in [1.82, 2.24) is 5.32 Å². The van der Waals surface area contributed by atoms with Gasteiger partial charge in [0.2, 0.25) is 0 Å². The summed E-state index contributed by atoms with van der Waals surface area (Å²) in [6.45, 7) is 0. The molecule has 98 valence electrons. The Hall–Kier alpha value is -1.16. The quantitative estimate of drug-likeness (QED) is 0.849. The second-order valence-corrected chi connectivity index (χ2v) is 5.48. The van der Waals surface area contributed by atoms with Crippen molar-refractivity contribution in [1.29, 1.82) is 0 Å². The minimum Gasteiger partial charge on any atom is -0.508 e. The normalized spacial score (nSPS) is 31.6. The Morgan fingerprint density at radius 3 is 2.17 bits per heavy atom. The summed E-state index contributed by atoms with van der Waals surface area (Å²) in [7, 11) is 0. The molecule has 0 spiro atoms. The molecule has 1 aromatic rings. The molecule has 4 heteroatoms. The Morgan fingerprint density at radius 1 is 1.06 bits per heavy atom. The van der Waals surface area contributed by atoms with Crippen LogP contribution in [0.25, 0.3) is 0 Å². The predicted octanol–water partition coefficient (Wildman–Crippen LogP) is 3.01. The fourth-order valence-corrected chi connectivity index (χ4v) is 3.27. The standard InChI is InChI=1S/C14H17F2NO/c15-14(16,9-1-5-13(18)6-2-9)10-7-11-3-4-12(8-10)17-11/h1-2,5-6,10-12,17-18H,3-4,7-8H2. The molecule has 1 aromatic carbocycles. The first-order valence-electron chi connectivity index (χ1n) is 6.49. The van der Waals surface area contributed by atoms with Crippen LogP contribution >= 0.6 is 0 Å². The lowest BCUT2D eigenvalue weighted by Crippen LogP contribution is -2.43. The molecule has 2 fully saturated rings. The number of piperidine rings is 1. The molecule has 0 aliphatic carbocycles. The predicted molar refractivity (Wildman–Crippen MR) is 64.7 cm³/mol. The van der Waals surface area contributed by atoms with Crippen LogP contribution in [0.5, 0.6) is 5.75 Å². The van der Waals surface area contributed by atoms with Crippen molar-refractivity contribution in [2.45, 2.75) is 43.7 Å². The maximum absolute atomic E-state index is 14.4. The Labute approximate surface area is 105 Å². The summed E-state index contributed by atoms with van der Waals surface area (Å²) in [4.78, 5) is 0. The monoisotopic (exact) mass is 253 g/mol. The average molecular weight is 253 g/mol. The zero-order valence-corrected chi connectivity index (χ0v) is 10.1. The van der Waals surface area contributed by atoms with Crippen molar-refractivity contribution >= 4 is 0 Å². The van der Waals surface area contributed by atoms with Crippen LogP contribution < -0.4 is 5.32 Å². The van der Waals surface area contributed by atoms with E-state index in [1.54, 1.807) is 0 Å². The zero-order valence-electron chi connectivity index (χ0n) is 10.1. The molecule has 2 atom stereocenters. The first kappa shape index (κ1) is 11.9. The third-order valence-corrected chi connectivity index (χ3v) is 4.24. The van der Waals surface area contributed by atoms with E-state index in [9.17, 15) is 13.9 Å². The van der Waals surface area contributed by atoms with E-state index in [1.165, 1.54) is 24.3 Å². The van der Waals surface area contributed by atoms with Gasteiger partial charge in [-0.2, -0.15) is 0 Å². The summed E-state index contributed by atoms with van der Waals surface area (Å²) in [5, 5.41) is 12.6. The highest BCUT2D eigenvalue weighted by Crippen LogP contribution is 2.45. The van der Waals surface area contributed by atoms with Gasteiger partial charge >= 0.3 is 0 Å². The van der Waals surface area contributed by atoms with Gasteiger partial charge in [0.1, 0.15) is 5.75 Å². The van der Waals surface area contributed by atoms with E-state index >= 15 is 0 Å². The first-order valence-corrected chi connectivity index (χ1v) is 6.49. The molecule has 0 aromatic heterocycles. The average Bonchev–Trinajstić information content (AvgIpc) is 2.68. The molecule has 2 bridgehead atoms. The van der Waals surface area contributed by atoms with Gasteiger partial charge in [0, 0.05) is 23.6 Å². The summed E-state index contributed by atoms with van der Waals surface area (Å²) < 4.78 is 28.9. The number of halogens is 2. The Morgan fingerprint density at radius 2 is 1.61 bits per heavy atom. The molecule has 0 saturated carbocycles. The van der Waals surface area contributed by atoms with Crippen molar-refractivity contribution in [2.75, 3.05) is 0 Å². The molecule has 3 rings (SSSR count). The lowest BCUT2D eigenvalue weighted by atomic mass is 9.84. The van der Waals surface area contributed by atoms with Crippen LogP contribution in [-0.4, -0.2) is 17.2 Å². The second-order valence-electron chi connectivity index (χ2n) is 5.48. The molecule has 2 N–H and O–H groups in total. The number of phenolic OH excluding ortho intramolecular Hbond substituents is 1. The van der Waals surface area contributed by atoms with E-state index in [4.69, 9.17) is 0 Å². The zero-order chi connectivity index (χ0) is 12.8. The Balaban J connectivity index is 1.83. The third kappa shape index (κ3) is 1.99. The Kier molecular flexibility index (Phi) is 2.77. The summed E-state index contributed by atoms with van der Waals surface area (Å²) in [5.41, 5.74) is 0.0200. The summed E-state index contributed by atoms with van der Waals surface area (Å²) in [5.74, 6) is -3.35. The number of hydrogen-bond acceptors (Lipinski definition) is 2. The summed E-state index contributed by atoms with van der Waals surface area (Å²) >= 11 is 0. The van der Waals surface area contributed by atoms with E-state index < -0.39 is 11.8 Å². The smallest absolute Gasteiger partial charge is 0.276 e. The number of hydrogen-bond donors (Lipinski definition) is 2. The molecule has 2 heterocycles. The number of rotatable bonds is 2. The largest absolute Gasteiger partial charge is 0.508 e. The molecule has 0 amide bonds. The molecule has 2 aliphatic heterocycles. The van der Waals surface area contributed by atoms with Crippen LogP contribution in [0.1, 0.15) is 31.2 Å². The van der Waals surface area contributed by atoms with Crippen molar-refractivity contribution in [3.63, 3.8) is 0 Å². The van der Waals surface area contributed by atoms with Gasteiger partial charge in [-0.05, 0) is 49.9 Å². The minimum atomic E-state index is -2.80. The highest BCUT2D eigenvalue weighted by Gasteiger charge is 2.47. The van der Waals surface area contributed by atoms with E-state index in [-0.39, 0.29) is 23.4 Å². The molecule has 0 radical (unpaired) electrons. The third-order valence-electron chi connectivity index (χ3n) is 4.24. The van der Waals surface area contributed by atoms with E-state index in [0.29, 0.717) is 12.8 Å². The fourth-order valence-electron chi connectivity index (χ4n) is 3.27. The number of alkyl halides is 2. The molecular formula is C14H17F2NO. The highest BCUT2D eigenvalue weighted by molar-refractivity contribution is 5.29. The SMILES string of the molecule is Oc1ccc(C(F)(F)C2CC3CCC(C2)N3)cc1. The van der Waals surface area contributed by atoms with Crippen LogP contribution in [-0.2, 0) is 5.92 Å². The van der Waals surface area contributed by atoms with Crippen LogP contribution in [0, 0.1) is 5.92 Å². The van der Waals surface area contributed by atoms with Gasteiger partial charge in [-0.1, -0.05) is 0 Å². The van der Waals surface area contributed by atoms with Crippen molar-refractivity contribution < 1.29 is 13.9 Å². The van der Waals surface area contributed by atoms with Gasteiger partial charge in [-0.15, -0.1) is 0 Å². The van der Waals surface area contributed by atoms with Gasteiger partial charge in [0.05, 0.1) is 0 Å². The topological polar surface area (TPSA) is 32.3 Å². The van der Waals surface area contributed by atoms with Crippen molar-refractivity contribution in [2.24, 2.45) is 5.92 Å². The van der Waals surface area contributed by atoms with Gasteiger partial charge in [0.15, 0.2) is 0 Å². The van der Waals surface area contributed by atoms with Crippen molar-refractivity contribution in [3.8, 4) is 5.75 Å². The highest BCUT2D eigenvalue weighted by atomic mass is 19.3. The lowest BCUT2D eigenvalue weighted by molar-refractivity contribution is -0.0814. The first-order chi connectivity index (χ1) is 8.55. The van der Waals surface area contributed by atoms with Crippen molar-refractivity contribution in [3.05, 3.63) is 29.8 Å². The van der Waals surface area contributed by atoms with Crippen LogP contribution in [0.3, 0.4) is 0 Å². The van der Waals surface area contributed by atoms with Gasteiger partial charge in [-0.25, -0.2) is 8.78 Å².